The molecule has 3 N–H and O–H groups in total. The molecule has 0 radical (unpaired) electrons. The zero-order valence-corrected chi connectivity index (χ0v) is 14.2. The zero-order chi connectivity index (χ0) is 16.2. The van der Waals surface area contributed by atoms with E-state index in [0.29, 0.717) is 41.0 Å². The van der Waals surface area contributed by atoms with E-state index in [0.717, 1.165) is 0 Å². The van der Waals surface area contributed by atoms with Gasteiger partial charge in [0.25, 0.3) is 0 Å². The van der Waals surface area contributed by atoms with Crippen LogP contribution in [0, 0.1) is 11.3 Å². The predicted octanol–water partition coefficient (Wildman–Crippen LogP) is 4.19. The fraction of sp³-hybridized carbons (Fsp3) is 0.562. The SMILES string of the molecule is CCOC(=O)c1cc(N)cc(Cl)c1NCC(C)C(C)(C)C. The summed E-state index contributed by atoms with van der Waals surface area (Å²) < 4.78 is 5.06. The van der Waals surface area contributed by atoms with Crippen molar-refractivity contribution >= 4 is 28.9 Å². The van der Waals surface area contributed by atoms with Crippen molar-refractivity contribution in [2.45, 2.75) is 34.6 Å². The van der Waals surface area contributed by atoms with E-state index < -0.39 is 5.97 Å². The number of carbonyl (C=O) groups excluding carboxylic acids is 1. The summed E-state index contributed by atoms with van der Waals surface area (Å²) in [6, 6.07) is 3.22. The molecule has 0 amide bonds. The molecule has 1 unspecified atom stereocenters. The van der Waals surface area contributed by atoms with Gasteiger partial charge in [0.15, 0.2) is 0 Å². The number of rotatable bonds is 5. The molecule has 0 heterocycles. The van der Waals surface area contributed by atoms with Crippen LogP contribution in [0.5, 0.6) is 0 Å². The van der Waals surface area contributed by atoms with Crippen LogP contribution in [0.3, 0.4) is 0 Å². The van der Waals surface area contributed by atoms with Gasteiger partial charge in [-0.3, -0.25) is 0 Å². The Kier molecular flexibility index (Phi) is 5.90. The van der Waals surface area contributed by atoms with Crippen LogP contribution in [-0.2, 0) is 4.74 Å². The minimum Gasteiger partial charge on any atom is -0.462 e. The van der Waals surface area contributed by atoms with Gasteiger partial charge in [-0.1, -0.05) is 39.3 Å². The second-order valence-corrected chi connectivity index (χ2v) is 6.70. The highest BCUT2D eigenvalue weighted by Gasteiger charge is 2.22. The van der Waals surface area contributed by atoms with Gasteiger partial charge >= 0.3 is 5.97 Å². The van der Waals surface area contributed by atoms with E-state index in [2.05, 4.69) is 33.0 Å². The van der Waals surface area contributed by atoms with Gasteiger partial charge in [0.05, 0.1) is 22.9 Å². The molecule has 0 aliphatic heterocycles. The maximum Gasteiger partial charge on any atom is 0.340 e. The number of anilines is 2. The lowest BCUT2D eigenvalue weighted by Crippen LogP contribution is -2.25. The average Bonchev–Trinajstić information content (AvgIpc) is 2.35. The monoisotopic (exact) mass is 312 g/mol. The summed E-state index contributed by atoms with van der Waals surface area (Å²) in [5, 5.41) is 3.70. The maximum absolute atomic E-state index is 12.0. The lowest BCUT2D eigenvalue weighted by molar-refractivity contribution is 0.0527. The summed E-state index contributed by atoms with van der Waals surface area (Å²) in [7, 11) is 0. The Morgan fingerprint density at radius 2 is 2.05 bits per heavy atom. The molecule has 0 aliphatic carbocycles. The Balaban J connectivity index is 3.02. The molecule has 1 aromatic rings. The second-order valence-electron chi connectivity index (χ2n) is 6.29. The lowest BCUT2D eigenvalue weighted by atomic mass is 9.82. The Hall–Kier alpha value is -1.42. The van der Waals surface area contributed by atoms with Crippen molar-refractivity contribution in [3.05, 3.63) is 22.7 Å². The van der Waals surface area contributed by atoms with Crippen LogP contribution in [0.25, 0.3) is 0 Å². The molecule has 21 heavy (non-hydrogen) atoms. The molecule has 0 spiro atoms. The Bertz CT molecular complexity index is 510. The molecule has 4 nitrogen and oxygen atoms in total. The fourth-order valence-electron chi connectivity index (χ4n) is 1.74. The summed E-state index contributed by atoms with van der Waals surface area (Å²) >= 11 is 6.23. The molecular formula is C16H25ClN2O2. The number of benzene rings is 1. The van der Waals surface area contributed by atoms with E-state index >= 15 is 0 Å². The van der Waals surface area contributed by atoms with Crippen molar-refractivity contribution < 1.29 is 9.53 Å². The number of hydrogen-bond acceptors (Lipinski definition) is 4. The zero-order valence-electron chi connectivity index (χ0n) is 13.4. The summed E-state index contributed by atoms with van der Waals surface area (Å²) in [6.07, 6.45) is 0. The third-order valence-corrected chi connectivity index (χ3v) is 3.97. The Morgan fingerprint density at radius 1 is 1.43 bits per heavy atom. The standard InChI is InChI=1S/C16H25ClN2O2/c1-6-21-15(20)12-7-11(18)8-13(17)14(12)19-9-10(2)16(3,4)5/h7-8,10,19H,6,9,18H2,1-5H3. The number of esters is 1. The largest absolute Gasteiger partial charge is 0.462 e. The van der Waals surface area contributed by atoms with Crippen molar-refractivity contribution in [2.75, 3.05) is 24.2 Å². The van der Waals surface area contributed by atoms with E-state index in [1.54, 1.807) is 19.1 Å². The van der Waals surface area contributed by atoms with Crippen molar-refractivity contribution in [2.24, 2.45) is 11.3 Å². The molecule has 0 bridgehead atoms. The van der Waals surface area contributed by atoms with Gasteiger partial charge < -0.3 is 15.8 Å². The molecule has 1 rings (SSSR count). The third-order valence-electron chi connectivity index (χ3n) is 3.67. The molecule has 0 aliphatic rings. The van der Waals surface area contributed by atoms with Gasteiger partial charge in [0, 0.05) is 12.2 Å². The van der Waals surface area contributed by atoms with Gasteiger partial charge in [-0.2, -0.15) is 0 Å². The first-order valence-electron chi connectivity index (χ1n) is 7.16. The fourth-order valence-corrected chi connectivity index (χ4v) is 2.03. The molecule has 5 heteroatoms. The Labute approximate surface area is 132 Å². The van der Waals surface area contributed by atoms with E-state index in [-0.39, 0.29) is 5.41 Å². The summed E-state index contributed by atoms with van der Waals surface area (Å²) in [5.74, 6) is -0.0150. The maximum atomic E-state index is 12.0. The van der Waals surface area contributed by atoms with Crippen LogP contribution in [0.1, 0.15) is 45.0 Å². The minimum absolute atomic E-state index is 0.164. The number of ether oxygens (including phenoxy) is 1. The lowest BCUT2D eigenvalue weighted by Gasteiger charge is -2.28. The van der Waals surface area contributed by atoms with Gasteiger partial charge in [0.1, 0.15) is 0 Å². The molecule has 118 valence electrons. The van der Waals surface area contributed by atoms with Crippen molar-refractivity contribution in [3.8, 4) is 0 Å². The van der Waals surface area contributed by atoms with Crippen molar-refractivity contribution in [3.63, 3.8) is 0 Å². The summed E-state index contributed by atoms with van der Waals surface area (Å²) in [4.78, 5) is 12.0. The predicted molar refractivity (Wildman–Crippen MR) is 88.9 cm³/mol. The number of nitrogens with one attached hydrogen (secondary N) is 1. The van der Waals surface area contributed by atoms with Gasteiger partial charge in [-0.15, -0.1) is 0 Å². The molecule has 0 fully saturated rings. The van der Waals surface area contributed by atoms with Crippen LogP contribution >= 0.6 is 11.6 Å². The van der Waals surface area contributed by atoms with Crippen LogP contribution in [0.4, 0.5) is 11.4 Å². The molecular weight excluding hydrogens is 288 g/mol. The first-order chi connectivity index (χ1) is 9.66. The highest BCUT2D eigenvalue weighted by Crippen LogP contribution is 2.32. The molecule has 1 atom stereocenters. The normalized spacial score (nSPS) is 12.9. The van der Waals surface area contributed by atoms with Crippen LogP contribution < -0.4 is 11.1 Å². The summed E-state index contributed by atoms with van der Waals surface area (Å²) in [6.45, 7) is 11.5. The van der Waals surface area contributed by atoms with E-state index in [4.69, 9.17) is 22.1 Å². The van der Waals surface area contributed by atoms with Crippen LogP contribution in [-0.4, -0.2) is 19.1 Å². The number of halogens is 1. The molecule has 0 aromatic heterocycles. The molecule has 0 saturated heterocycles. The van der Waals surface area contributed by atoms with Crippen LogP contribution in [0.15, 0.2) is 12.1 Å². The number of carbonyl (C=O) groups is 1. The third kappa shape index (κ3) is 4.81. The minimum atomic E-state index is -0.419. The first kappa shape index (κ1) is 17.6. The van der Waals surface area contributed by atoms with Gasteiger partial charge in [-0.25, -0.2) is 4.79 Å². The topological polar surface area (TPSA) is 64.3 Å². The van der Waals surface area contributed by atoms with Gasteiger partial charge in [0.2, 0.25) is 0 Å². The van der Waals surface area contributed by atoms with Crippen molar-refractivity contribution in [1.82, 2.24) is 0 Å². The number of hydrogen-bond donors (Lipinski definition) is 2. The number of nitrogen functional groups attached to an aromatic ring is 1. The second kappa shape index (κ2) is 7.03. The van der Waals surface area contributed by atoms with E-state index in [9.17, 15) is 4.79 Å². The Morgan fingerprint density at radius 3 is 2.57 bits per heavy atom. The average molecular weight is 313 g/mol. The number of nitrogens with two attached hydrogens (primary N) is 1. The first-order valence-corrected chi connectivity index (χ1v) is 7.54. The van der Waals surface area contributed by atoms with Gasteiger partial charge in [-0.05, 0) is 30.4 Å². The van der Waals surface area contributed by atoms with Crippen molar-refractivity contribution in [1.29, 1.82) is 0 Å². The van der Waals surface area contributed by atoms with E-state index in [1.807, 2.05) is 0 Å². The van der Waals surface area contributed by atoms with E-state index in [1.165, 1.54) is 0 Å². The van der Waals surface area contributed by atoms with Crippen LogP contribution in [0.2, 0.25) is 5.02 Å². The highest BCUT2D eigenvalue weighted by molar-refractivity contribution is 6.34. The summed E-state index contributed by atoms with van der Waals surface area (Å²) in [5.41, 5.74) is 7.34. The quantitative estimate of drug-likeness (QED) is 0.632. The highest BCUT2D eigenvalue weighted by atomic mass is 35.5. The molecule has 0 saturated carbocycles. The smallest absolute Gasteiger partial charge is 0.340 e. The molecule has 1 aromatic carbocycles.